The molecule has 96 valence electrons. The molecule has 3 nitrogen and oxygen atoms in total. The summed E-state index contributed by atoms with van der Waals surface area (Å²) in [5, 5.41) is 3.69. The Bertz CT molecular complexity index is 184. The minimum Gasteiger partial charge on any atom is -0.302 e. The molecule has 1 saturated heterocycles. The second-order valence-electron chi connectivity index (χ2n) is 5.44. The van der Waals surface area contributed by atoms with Gasteiger partial charge in [-0.3, -0.25) is 4.90 Å². The molecule has 0 amide bonds. The van der Waals surface area contributed by atoms with Crippen LogP contribution in [0.1, 0.15) is 41.0 Å². The molecule has 1 fully saturated rings. The first-order chi connectivity index (χ1) is 7.54. The van der Waals surface area contributed by atoms with E-state index in [2.05, 4.69) is 49.7 Å². The summed E-state index contributed by atoms with van der Waals surface area (Å²) in [5.41, 5.74) is 0. The number of nitrogens with zero attached hydrogens (tertiary/aromatic N) is 2. The van der Waals surface area contributed by atoms with E-state index in [0.717, 1.165) is 6.67 Å². The number of likely N-dealkylation sites (N-methyl/N-ethyl adjacent to an activating group) is 1. The van der Waals surface area contributed by atoms with Gasteiger partial charge in [0.2, 0.25) is 0 Å². The van der Waals surface area contributed by atoms with E-state index in [1.807, 2.05) is 0 Å². The van der Waals surface area contributed by atoms with Gasteiger partial charge in [0.05, 0.1) is 0 Å². The summed E-state index contributed by atoms with van der Waals surface area (Å²) < 4.78 is 0. The molecule has 1 aliphatic heterocycles. The molecule has 1 N–H and O–H groups in total. The maximum Gasteiger partial charge on any atom is 0.0488 e. The predicted molar refractivity (Wildman–Crippen MR) is 70.6 cm³/mol. The molecule has 1 rings (SSSR count). The van der Waals surface area contributed by atoms with Crippen molar-refractivity contribution in [2.24, 2.45) is 0 Å². The number of rotatable bonds is 6. The largest absolute Gasteiger partial charge is 0.302 e. The van der Waals surface area contributed by atoms with E-state index in [1.165, 1.54) is 26.1 Å². The van der Waals surface area contributed by atoms with Crippen molar-refractivity contribution in [2.75, 3.05) is 26.3 Å². The Kier molecular flexibility index (Phi) is 5.73. The standard InChI is InChI=1S/C13H29N3/c1-6-15-8-7-13(9-15)14-10-16(11(2)3)12(4)5/h11-14H,6-10H2,1-5H3/t13-/m1/s1. The highest BCUT2D eigenvalue weighted by molar-refractivity contribution is 4.80. The molecule has 0 radical (unpaired) electrons. The van der Waals surface area contributed by atoms with Crippen LogP contribution in [0.2, 0.25) is 0 Å². The van der Waals surface area contributed by atoms with E-state index in [-0.39, 0.29) is 0 Å². The Hall–Kier alpha value is -0.120. The first kappa shape index (κ1) is 13.9. The summed E-state index contributed by atoms with van der Waals surface area (Å²) in [5.74, 6) is 0. The minimum atomic E-state index is 0.621. The Morgan fingerprint density at radius 3 is 2.31 bits per heavy atom. The Balaban J connectivity index is 2.28. The van der Waals surface area contributed by atoms with E-state index in [0.29, 0.717) is 18.1 Å². The molecule has 1 atom stereocenters. The lowest BCUT2D eigenvalue weighted by molar-refractivity contribution is 0.153. The zero-order valence-corrected chi connectivity index (χ0v) is 11.7. The van der Waals surface area contributed by atoms with Gasteiger partial charge in [-0.2, -0.15) is 0 Å². The van der Waals surface area contributed by atoms with Crippen LogP contribution in [-0.4, -0.2) is 54.2 Å². The molecule has 0 spiro atoms. The van der Waals surface area contributed by atoms with E-state index in [1.54, 1.807) is 0 Å². The Morgan fingerprint density at radius 2 is 1.88 bits per heavy atom. The van der Waals surface area contributed by atoms with E-state index >= 15 is 0 Å². The third-order valence-corrected chi connectivity index (χ3v) is 3.61. The zero-order valence-electron chi connectivity index (χ0n) is 11.7. The maximum atomic E-state index is 3.69. The van der Waals surface area contributed by atoms with Crippen molar-refractivity contribution in [1.29, 1.82) is 0 Å². The molecule has 1 heterocycles. The summed E-state index contributed by atoms with van der Waals surface area (Å²) in [6.07, 6.45) is 1.30. The van der Waals surface area contributed by atoms with Gasteiger partial charge in [0, 0.05) is 31.3 Å². The van der Waals surface area contributed by atoms with Crippen LogP contribution in [0.15, 0.2) is 0 Å². The van der Waals surface area contributed by atoms with Crippen molar-refractivity contribution in [3.05, 3.63) is 0 Å². The van der Waals surface area contributed by atoms with Crippen LogP contribution in [-0.2, 0) is 0 Å². The minimum absolute atomic E-state index is 0.621. The van der Waals surface area contributed by atoms with Crippen molar-refractivity contribution >= 4 is 0 Å². The fourth-order valence-electron chi connectivity index (χ4n) is 2.48. The first-order valence-electron chi connectivity index (χ1n) is 6.76. The quantitative estimate of drug-likeness (QED) is 0.697. The van der Waals surface area contributed by atoms with Crippen LogP contribution in [0.3, 0.4) is 0 Å². The molecule has 0 bridgehead atoms. The molecular weight excluding hydrogens is 198 g/mol. The zero-order chi connectivity index (χ0) is 12.1. The number of likely N-dealkylation sites (tertiary alicyclic amines) is 1. The van der Waals surface area contributed by atoms with Crippen molar-refractivity contribution in [1.82, 2.24) is 15.1 Å². The van der Waals surface area contributed by atoms with Crippen molar-refractivity contribution in [2.45, 2.75) is 59.2 Å². The molecular formula is C13H29N3. The molecule has 0 aromatic heterocycles. The van der Waals surface area contributed by atoms with Gasteiger partial charge < -0.3 is 10.2 Å². The van der Waals surface area contributed by atoms with Crippen LogP contribution >= 0.6 is 0 Å². The van der Waals surface area contributed by atoms with Crippen LogP contribution in [0.4, 0.5) is 0 Å². The van der Waals surface area contributed by atoms with Gasteiger partial charge in [-0.15, -0.1) is 0 Å². The molecule has 0 aromatic rings. The number of hydrogen-bond donors (Lipinski definition) is 1. The predicted octanol–water partition coefficient (Wildman–Crippen LogP) is 1.75. The van der Waals surface area contributed by atoms with Gasteiger partial charge in [-0.25, -0.2) is 0 Å². The fraction of sp³-hybridized carbons (Fsp3) is 1.00. The van der Waals surface area contributed by atoms with Crippen LogP contribution in [0.25, 0.3) is 0 Å². The lowest BCUT2D eigenvalue weighted by atomic mass is 10.2. The summed E-state index contributed by atoms with van der Waals surface area (Å²) >= 11 is 0. The molecule has 0 aliphatic carbocycles. The van der Waals surface area contributed by atoms with E-state index < -0.39 is 0 Å². The summed E-state index contributed by atoms with van der Waals surface area (Å²) in [6, 6.07) is 1.94. The molecule has 0 saturated carbocycles. The lowest BCUT2D eigenvalue weighted by Crippen LogP contribution is -2.47. The highest BCUT2D eigenvalue weighted by Gasteiger charge is 2.22. The van der Waals surface area contributed by atoms with Gasteiger partial charge in [-0.1, -0.05) is 6.92 Å². The number of hydrogen-bond acceptors (Lipinski definition) is 3. The normalized spacial score (nSPS) is 22.9. The number of nitrogens with one attached hydrogen (secondary N) is 1. The van der Waals surface area contributed by atoms with E-state index in [9.17, 15) is 0 Å². The van der Waals surface area contributed by atoms with Gasteiger partial charge in [0.15, 0.2) is 0 Å². The van der Waals surface area contributed by atoms with Crippen molar-refractivity contribution < 1.29 is 0 Å². The molecule has 0 unspecified atom stereocenters. The molecule has 16 heavy (non-hydrogen) atoms. The average molecular weight is 227 g/mol. The topological polar surface area (TPSA) is 18.5 Å². The second kappa shape index (κ2) is 6.58. The van der Waals surface area contributed by atoms with Gasteiger partial charge in [0.1, 0.15) is 0 Å². The maximum absolute atomic E-state index is 3.69. The summed E-state index contributed by atoms with van der Waals surface area (Å²) in [6.45, 7) is 16.0. The molecule has 1 aliphatic rings. The second-order valence-corrected chi connectivity index (χ2v) is 5.44. The smallest absolute Gasteiger partial charge is 0.0488 e. The van der Waals surface area contributed by atoms with Gasteiger partial charge in [0.25, 0.3) is 0 Å². The highest BCUT2D eigenvalue weighted by Crippen LogP contribution is 2.09. The van der Waals surface area contributed by atoms with Crippen molar-refractivity contribution in [3.63, 3.8) is 0 Å². The monoisotopic (exact) mass is 227 g/mol. The van der Waals surface area contributed by atoms with Crippen LogP contribution in [0.5, 0.6) is 0 Å². The van der Waals surface area contributed by atoms with E-state index in [4.69, 9.17) is 0 Å². The van der Waals surface area contributed by atoms with Gasteiger partial charge >= 0.3 is 0 Å². The third kappa shape index (κ3) is 4.04. The van der Waals surface area contributed by atoms with Crippen molar-refractivity contribution in [3.8, 4) is 0 Å². The average Bonchev–Trinajstić information content (AvgIpc) is 2.65. The van der Waals surface area contributed by atoms with Crippen LogP contribution < -0.4 is 5.32 Å². The molecule has 0 aromatic carbocycles. The third-order valence-electron chi connectivity index (χ3n) is 3.61. The highest BCUT2D eigenvalue weighted by atomic mass is 15.3. The van der Waals surface area contributed by atoms with Crippen LogP contribution in [0, 0.1) is 0 Å². The summed E-state index contributed by atoms with van der Waals surface area (Å²) in [7, 11) is 0. The Morgan fingerprint density at radius 1 is 1.25 bits per heavy atom. The fourth-order valence-corrected chi connectivity index (χ4v) is 2.48. The van der Waals surface area contributed by atoms with Gasteiger partial charge in [-0.05, 0) is 47.2 Å². The molecule has 3 heteroatoms. The summed E-state index contributed by atoms with van der Waals surface area (Å²) in [4.78, 5) is 5.03. The lowest BCUT2D eigenvalue weighted by Gasteiger charge is -2.31. The Labute approximate surface area is 101 Å². The SMILES string of the molecule is CCN1CC[C@@H](NCN(C(C)C)C(C)C)C1. The first-order valence-corrected chi connectivity index (χ1v) is 6.76.